The van der Waals surface area contributed by atoms with Crippen LogP contribution in [0.1, 0.15) is 25.2 Å². The largest absolute Gasteiger partial charge is 0.468 e. The van der Waals surface area contributed by atoms with E-state index in [1.54, 1.807) is 19.1 Å². The van der Waals surface area contributed by atoms with Gasteiger partial charge in [0.25, 0.3) is 0 Å². The number of allylic oxidation sites excluding steroid dienone is 1. The second-order valence-corrected chi connectivity index (χ2v) is 9.91. The Bertz CT molecular complexity index is 1380. The number of H-pyrrole nitrogens is 2. The second-order valence-electron chi connectivity index (χ2n) is 9.91. The number of anilines is 1. The predicted molar refractivity (Wildman–Crippen MR) is 164 cm³/mol. The lowest BCUT2D eigenvalue weighted by Gasteiger charge is -2.33. The van der Waals surface area contributed by atoms with Crippen LogP contribution in [0.5, 0.6) is 5.75 Å². The second kappa shape index (κ2) is 15.1. The molecule has 222 valence electrons. The lowest BCUT2D eigenvalue weighted by molar-refractivity contribution is 0.214. The molecule has 10 nitrogen and oxygen atoms in total. The lowest BCUT2D eigenvalue weighted by Crippen LogP contribution is -2.47. The zero-order valence-corrected chi connectivity index (χ0v) is 24.8. The van der Waals surface area contributed by atoms with Crippen molar-refractivity contribution in [3.05, 3.63) is 59.2 Å². The standard InChI is InChI=1S/C25H30F2N8O.C4H11N/c1-5-6-17-12-22(33-32-17)31-21(28-3)14-23(35-9-7-34(4)8-10-35)29-15-36-20-13-19(26)25-18(24(20)27)11-16(2)30-25;1-4-5(2)3/h5-6,11-14,30H,3,7-10,15H2,1-2,4H3,(H2,31,32,33);4H2,1-3H3/b6-5+,21-14+,29-23+;. The maximum Gasteiger partial charge on any atom is 0.181 e. The highest BCUT2D eigenvalue weighted by molar-refractivity contribution is 5.94. The van der Waals surface area contributed by atoms with Crippen molar-refractivity contribution in [2.45, 2.75) is 20.8 Å². The summed E-state index contributed by atoms with van der Waals surface area (Å²) < 4.78 is 34.9. The van der Waals surface area contributed by atoms with Gasteiger partial charge in [-0.1, -0.05) is 13.0 Å². The van der Waals surface area contributed by atoms with Gasteiger partial charge in [0.05, 0.1) is 11.2 Å². The molecule has 0 bridgehead atoms. The van der Waals surface area contributed by atoms with E-state index in [1.807, 2.05) is 25.1 Å². The first-order valence-electron chi connectivity index (χ1n) is 13.5. The number of nitrogens with one attached hydrogen (secondary N) is 3. The van der Waals surface area contributed by atoms with E-state index >= 15 is 0 Å². The molecule has 1 saturated heterocycles. The van der Waals surface area contributed by atoms with Gasteiger partial charge in [0.2, 0.25) is 0 Å². The van der Waals surface area contributed by atoms with Gasteiger partial charge in [-0.3, -0.25) is 5.10 Å². The maximum absolute atomic E-state index is 14.9. The molecule has 0 amide bonds. The number of rotatable bonds is 9. The van der Waals surface area contributed by atoms with Crippen molar-refractivity contribution in [3.63, 3.8) is 0 Å². The van der Waals surface area contributed by atoms with E-state index in [2.05, 4.69) is 80.0 Å². The van der Waals surface area contributed by atoms with Gasteiger partial charge in [0.1, 0.15) is 11.7 Å². The number of aryl methyl sites for hydroxylation is 1. The average Bonchev–Trinajstić information content (AvgIpc) is 3.57. The van der Waals surface area contributed by atoms with Crippen LogP contribution in [-0.2, 0) is 0 Å². The van der Waals surface area contributed by atoms with Crippen molar-refractivity contribution in [1.82, 2.24) is 29.9 Å². The third-order valence-electron chi connectivity index (χ3n) is 6.44. The number of halogens is 2. The number of piperazine rings is 1. The fourth-order valence-electron chi connectivity index (χ4n) is 3.92. The van der Waals surface area contributed by atoms with E-state index in [9.17, 15) is 8.78 Å². The molecule has 3 heterocycles. The topological polar surface area (TPSA) is 100 Å². The summed E-state index contributed by atoms with van der Waals surface area (Å²) in [6.45, 7) is 13.6. The van der Waals surface area contributed by atoms with E-state index in [4.69, 9.17) is 4.74 Å². The van der Waals surface area contributed by atoms with Crippen LogP contribution in [0, 0.1) is 18.6 Å². The molecule has 4 rings (SSSR count). The summed E-state index contributed by atoms with van der Waals surface area (Å²) in [5.74, 6) is 0.180. The number of aromatic nitrogens is 3. The Labute approximate surface area is 240 Å². The Kier molecular flexibility index (Phi) is 11.6. The zero-order valence-electron chi connectivity index (χ0n) is 24.8. The van der Waals surface area contributed by atoms with Gasteiger partial charge >= 0.3 is 0 Å². The molecule has 12 heteroatoms. The number of hydrogen-bond donors (Lipinski definition) is 3. The van der Waals surface area contributed by atoms with Gasteiger partial charge < -0.3 is 29.7 Å². The normalized spacial score (nSPS) is 15.0. The summed E-state index contributed by atoms with van der Waals surface area (Å²) in [6, 6.07) is 4.42. The Balaban J connectivity index is 0.000000850. The SMILES string of the molecule is C=N/C(=C\C(=N/COc1cc(F)c2[nH]c(C)cc2c1F)N1CCN(C)CC1)Nc1cc(/C=C/C)[nH]n1.CCN(C)C. The van der Waals surface area contributed by atoms with E-state index in [0.29, 0.717) is 23.2 Å². The summed E-state index contributed by atoms with van der Waals surface area (Å²) >= 11 is 0. The number of likely N-dealkylation sites (N-methyl/N-ethyl adjacent to an activating group) is 1. The number of nitrogens with zero attached hydrogens (tertiary/aromatic N) is 6. The minimum absolute atomic E-state index is 0.116. The fraction of sp³-hybridized carbons (Fsp3) is 0.414. The first kappa shape index (κ1) is 31.5. The van der Waals surface area contributed by atoms with Crippen LogP contribution in [-0.4, -0.2) is 103 Å². The summed E-state index contributed by atoms with van der Waals surface area (Å²) in [5, 5.41) is 10.4. The average molecular weight is 570 g/mol. The summed E-state index contributed by atoms with van der Waals surface area (Å²) in [6.07, 6.45) is 5.54. The number of ether oxygens (including phenoxy) is 1. The van der Waals surface area contributed by atoms with Crippen molar-refractivity contribution < 1.29 is 13.5 Å². The molecule has 41 heavy (non-hydrogen) atoms. The summed E-state index contributed by atoms with van der Waals surface area (Å²) in [5.41, 5.74) is 1.62. The highest BCUT2D eigenvalue weighted by Crippen LogP contribution is 2.29. The van der Waals surface area contributed by atoms with Gasteiger partial charge in [0.15, 0.2) is 29.9 Å². The van der Waals surface area contributed by atoms with Gasteiger partial charge in [-0.25, -0.2) is 18.8 Å². The molecule has 1 aromatic carbocycles. The number of aliphatic imine (C=N–C) groups is 2. The molecule has 0 atom stereocenters. The van der Waals surface area contributed by atoms with Gasteiger partial charge in [0, 0.05) is 55.5 Å². The summed E-state index contributed by atoms with van der Waals surface area (Å²) in [7, 11) is 6.17. The molecule has 0 unspecified atom stereocenters. The Morgan fingerprint density at radius 2 is 1.93 bits per heavy atom. The smallest absolute Gasteiger partial charge is 0.181 e. The van der Waals surface area contributed by atoms with E-state index in [0.717, 1.165) is 44.5 Å². The van der Waals surface area contributed by atoms with Gasteiger partial charge in [-0.2, -0.15) is 5.10 Å². The van der Waals surface area contributed by atoms with Crippen molar-refractivity contribution in [2.75, 3.05) is 65.9 Å². The van der Waals surface area contributed by atoms with E-state index < -0.39 is 11.6 Å². The molecule has 0 aliphatic carbocycles. The molecule has 2 aromatic heterocycles. The Morgan fingerprint density at radius 3 is 2.56 bits per heavy atom. The number of aromatic amines is 2. The first-order valence-corrected chi connectivity index (χ1v) is 13.5. The minimum Gasteiger partial charge on any atom is -0.468 e. The third-order valence-corrected chi connectivity index (χ3v) is 6.44. The Hall–Kier alpha value is -4.03. The van der Waals surface area contributed by atoms with E-state index in [-0.39, 0.29) is 23.4 Å². The minimum atomic E-state index is -0.631. The maximum atomic E-state index is 14.9. The quantitative estimate of drug-likeness (QED) is 0.255. The molecular weight excluding hydrogens is 528 g/mol. The van der Waals surface area contributed by atoms with Crippen LogP contribution >= 0.6 is 0 Å². The number of amidine groups is 1. The first-order chi connectivity index (χ1) is 19.6. The highest BCUT2D eigenvalue weighted by Gasteiger charge is 2.18. The molecule has 3 N–H and O–H groups in total. The van der Waals surface area contributed by atoms with Crippen LogP contribution in [0.3, 0.4) is 0 Å². The van der Waals surface area contributed by atoms with Crippen molar-refractivity contribution in [2.24, 2.45) is 9.98 Å². The van der Waals surface area contributed by atoms with Crippen LogP contribution in [0.2, 0.25) is 0 Å². The fourth-order valence-corrected chi connectivity index (χ4v) is 3.92. The lowest BCUT2D eigenvalue weighted by atomic mass is 10.2. The summed E-state index contributed by atoms with van der Waals surface area (Å²) in [4.78, 5) is 17.9. The van der Waals surface area contributed by atoms with Crippen molar-refractivity contribution in [3.8, 4) is 5.75 Å². The number of hydrogen-bond acceptors (Lipinski definition) is 7. The number of fused-ring (bicyclic) bond motifs is 1. The molecule has 1 aliphatic rings. The molecular formula is C29H41F2N9O. The molecule has 1 aliphatic heterocycles. The number of benzene rings is 1. The molecule has 0 radical (unpaired) electrons. The van der Waals surface area contributed by atoms with Crippen LogP contribution in [0.25, 0.3) is 17.0 Å². The van der Waals surface area contributed by atoms with E-state index in [1.165, 1.54) is 0 Å². The zero-order chi connectivity index (χ0) is 29.9. The predicted octanol–water partition coefficient (Wildman–Crippen LogP) is 4.71. The van der Waals surface area contributed by atoms with Gasteiger partial charge in [-0.05, 0) is 60.4 Å². The van der Waals surface area contributed by atoms with Crippen molar-refractivity contribution in [1.29, 1.82) is 0 Å². The van der Waals surface area contributed by atoms with Crippen LogP contribution in [0.15, 0.2) is 46.2 Å². The molecule has 0 saturated carbocycles. The van der Waals surface area contributed by atoms with Crippen LogP contribution in [0.4, 0.5) is 14.6 Å². The highest BCUT2D eigenvalue weighted by atomic mass is 19.1. The molecule has 1 fully saturated rings. The molecule has 0 spiro atoms. The van der Waals surface area contributed by atoms with Crippen LogP contribution < -0.4 is 10.1 Å². The third kappa shape index (κ3) is 8.98. The Morgan fingerprint density at radius 1 is 1.22 bits per heavy atom. The van der Waals surface area contributed by atoms with Crippen molar-refractivity contribution >= 4 is 35.3 Å². The monoisotopic (exact) mass is 569 g/mol. The molecule has 3 aromatic rings. The van der Waals surface area contributed by atoms with Gasteiger partial charge in [-0.15, -0.1) is 0 Å².